The molecule has 5 atom stereocenters. The third kappa shape index (κ3) is 13.5. The van der Waals surface area contributed by atoms with Crippen molar-refractivity contribution in [1.82, 2.24) is 36.9 Å². The minimum Gasteiger partial charge on any atom is -0.355 e. The summed E-state index contributed by atoms with van der Waals surface area (Å²) in [5, 5.41) is 17.4. The number of nitrogens with one attached hydrogen (secondary N) is 6. The van der Waals surface area contributed by atoms with E-state index in [2.05, 4.69) is 36.9 Å². The van der Waals surface area contributed by atoms with E-state index in [4.69, 9.17) is 0 Å². The predicted octanol–water partition coefficient (Wildman–Crippen LogP) is 1.66. The van der Waals surface area contributed by atoms with Crippen LogP contribution in [0.15, 0.2) is 24.5 Å². The Kier molecular flexibility index (Phi) is 17.1. The van der Waals surface area contributed by atoms with Gasteiger partial charge < -0.3 is 31.9 Å². The summed E-state index contributed by atoms with van der Waals surface area (Å²) in [6, 6.07) is -0.0425. The zero-order valence-electron chi connectivity index (χ0n) is 27.1. The zero-order valence-corrected chi connectivity index (χ0v) is 27.1. The standard InChI is InChI=1S/C31H53N7O5/c1-9-12-25(37-29(41)24(10-2)36-28(40)22-13-15-32-16-14-22)30(42)35-23(17-19(4)5)18-34-21(8)27(39)38-26(20(6)7)31(43)33-11-3/h13-16,19-21,23-26,34H,9-12,17-18H2,1-8H3,(H,33,43)(H,35,42)(H,36,40)(H,37,41)(H,38,39)/t21-,23-,24-,25-,26-/m0/s1. The molecule has 43 heavy (non-hydrogen) atoms. The van der Waals surface area contributed by atoms with Gasteiger partial charge in [0.15, 0.2) is 0 Å². The number of likely N-dealkylation sites (N-methyl/N-ethyl adjacent to an activating group) is 1. The third-order valence-corrected chi connectivity index (χ3v) is 6.95. The number of carbonyl (C=O) groups excluding carboxylic acids is 5. The lowest BCUT2D eigenvalue weighted by Gasteiger charge is -2.28. The Morgan fingerprint density at radius 2 is 1.40 bits per heavy atom. The Balaban J connectivity index is 2.86. The van der Waals surface area contributed by atoms with Crippen LogP contribution >= 0.6 is 0 Å². The molecule has 12 heteroatoms. The van der Waals surface area contributed by atoms with Gasteiger partial charge >= 0.3 is 0 Å². The average molecular weight is 604 g/mol. The van der Waals surface area contributed by atoms with Crippen LogP contribution in [0.3, 0.4) is 0 Å². The quantitative estimate of drug-likeness (QED) is 0.140. The van der Waals surface area contributed by atoms with Gasteiger partial charge in [0.2, 0.25) is 23.6 Å². The number of nitrogens with zero attached hydrogens (tertiary/aromatic N) is 1. The van der Waals surface area contributed by atoms with E-state index in [9.17, 15) is 24.0 Å². The molecule has 0 aliphatic rings. The maximum absolute atomic E-state index is 13.4. The minimum absolute atomic E-state index is 0.0855. The smallest absolute Gasteiger partial charge is 0.252 e. The van der Waals surface area contributed by atoms with Crippen molar-refractivity contribution in [2.45, 2.75) is 111 Å². The summed E-state index contributed by atoms with van der Waals surface area (Å²) >= 11 is 0. The molecule has 0 unspecified atom stereocenters. The first kappa shape index (κ1) is 37.5. The maximum Gasteiger partial charge on any atom is 0.252 e. The lowest BCUT2D eigenvalue weighted by Crippen LogP contribution is -2.57. The molecule has 1 aromatic heterocycles. The monoisotopic (exact) mass is 603 g/mol. The van der Waals surface area contributed by atoms with E-state index >= 15 is 0 Å². The lowest BCUT2D eigenvalue weighted by atomic mass is 10.0. The Labute approximate surface area is 256 Å². The van der Waals surface area contributed by atoms with Gasteiger partial charge in [0.1, 0.15) is 18.1 Å². The Bertz CT molecular complexity index is 1030. The highest BCUT2D eigenvalue weighted by atomic mass is 16.2. The summed E-state index contributed by atoms with van der Waals surface area (Å²) in [4.78, 5) is 68.2. The second-order valence-electron chi connectivity index (χ2n) is 11.6. The predicted molar refractivity (Wildman–Crippen MR) is 167 cm³/mol. The fourth-order valence-corrected chi connectivity index (χ4v) is 4.50. The Hall–Kier alpha value is -3.54. The molecule has 1 aromatic rings. The number of rotatable bonds is 19. The molecule has 1 rings (SSSR count). The van der Waals surface area contributed by atoms with Crippen molar-refractivity contribution in [2.75, 3.05) is 13.1 Å². The van der Waals surface area contributed by atoms with Gasteiger partial charge in [-0.2, -0.15) is 0 Å². The van der Waals surface area contributed by atoms with Crippen molar-refractivity contribution in [3.63, 3.8) is 0 Å². The lowest BCUT2D eigenvalue weighted by molar-refractivity contribution is -0.131. The summed E-state index contributed by atoms with van der Waals surface area (Å²) in [5.74, 6) is -1.53. The van der Waals surface area contributed by atoms with Gasteiger partial charge in [0, 0.05) is 37.1 Å². The molecule has 0 saturated heterocycles. The van der Waals surface area contributed by atoms with E-state index in [1.807, 2.05) is 41.5 Å². The van der Waals surface area contributed by atoms with Gasteiger partial charge in [-0.3, -0.25) is 29.0 Å². The van der Waals surface area contributed by atoms with Crippen molar-refractivity contribution < 1.29 is 24.0 Å². The largest absolute Gasteiger partial charge is 0.355 e. The van der Waals surface area contributed by atoms with Crippen molar-refractivity contribution >= 4 is 29.5 Å². The summed E-state index contributed by atoms with van der Waals surface area (Å²) < 4.78 is 0. The van der Waals surface area contributed by atoms with Crippen LogP contribution in [0.25, 0.3) is 0 Å². The van der Waals surface area contributed by atoms with Crippen LogP contribution in [0.5, 0.6) is 0 Å². The van der Waals surface area contributed by atoms with Crippen LogP contribution < -0.4 is 31.9 Å². The highest BCUT2D eigenvalue weighted by Gasteiger charge is 2.29. The van der Waals surface area contributed by atoms with Crippen LogP contribution in [-0.2, 0) is 19.2 Å². The molecule has 0 aromatic carbocycles. The highest BCUT2D eigenvalue weighted by molar-refractivity contribution is 5.98. The molecule has 0 radical (unpaired) electrons. The first-order valence-corrected chi connectivity index (χ1v) is 15.5. The third-order valence-electron chi connectivity index (χ3n) is 6.95. The van der Waals surface area contributed by atoms with Crippen LogP contribution in [0.1, 0.15) is 91.4 Å². The molecule has 0 aliphatic carbocycles. The summed E-state index contributed by atoms with van der Waals surface area (Å²) in [5.41, 5.74) is 0.389. The van der Waals surface area contributed by atoms with E-state index in [0.717, 1.165) is 0 Å². The molecular formula is C31H53N7O5. The fourth-order valence-electron chi connectivity index (χ4n) is 4.50. The number of hydrogen-bond acceptors (Lipinski definition) is 7. The molecular weight excluding hydrogens is 550 g/mol. The van der Waals surface area contributed by atoms with Crippen LogP contribution in [-0.4, -0.2) is 77.8 Å². The van der Waals surface area contributed by atoms with Crippen molar-refractivity contribution in [3.05, 3.63) is 30.1 Å². The van der Waals surface area contributed by atoms with Crippen LogP contribution in [0.4, 0.5) is 0 Å². The normalized spacial score (nSPS) is 14.7. The molecule has 242 valence electrons. The first-order chi connectivity index (χ1) is 20.3. The molecule has 0 saturated carbocycles. The Morgan fingerprint density at radius 3 is 1.93 bits per heavy atom. The zero-order chi connectivity index (χ0) is 32.5. The minimum atomic E-state index is -0.811. The van der Waals surface area contributed by atoms with Gasteiger partial charge in [0.05, 0.1) is 6.04 Å². The van der Waals surface area contributed by atoms with Crippen molar-refractivity contribution in [1.29, 1.82) is 0 Å². The second kappa shape index (κ2) is 19.6. The van der Waals surface area contributed by atoms with E-state index in [1.165, 1.54) is 12.4 Å². The highest BCUT2D eigenvalue weighted by Crippen LogP contribution is 2.08. The number of amides is 5. The van der Waals surface area contributed by atoms with E-state index in [1.54, 1.807) is 26.0 Å². The molecule has 1 heterocycles. The number of aromatic nitrogens is 1. The molecule has 0 bridgehead atoms. The van der Waals surface area contributed by atoms with E-state index in [-0.39, 0.29) is 35.6 Å². The number of pyridine rings is 1. The van der Waals surface area contributed by atoms with Gasteiger partial charge in [-0.15, -0.1) is 0 Å². The van der Waals surface area contributed by atoms with E-state index < -0.39 is 36.0 Å². The van der Waals surface area contributed by atoms with Crippen molar-refractivity contribution in [3.8, 4) is 0 Å². The average Bonchev–Trinajstić information content (AvgIpc) is 2.96. The summed E-state index contributed by atoms with van der Waals surface area (Å²) in [6.07, 6.45) is 5.08. The molecule has 0 spiro atoms. The molecule has 5 amide bonds. The van der Waals surface area contributed by atoms with Gasteiger partial charge in [0.25, 0.3) is 5.91 Å². The molecule has 12 nitrogen and oxygen atoms in total. The van der Waals surface area contributed by atoms with Gasteiger partial charge in [-0.1, -0.05) is 48.0 Å². The molecule has 0 aliphatic heterocycles. The number of hydrogen-bond donors (Lipinski definition) is 6. The second-order valence-corrected chi connectivity index (χ2v) is 11.6. The van der Waals surface area contributed by atoms with Crippen molar-refractivity contribution in [2.24, 2.45) is 11.8 Å². The van der Waals surface area contributed by atoms with Gasteiger partial charge in [-0.25, -0.2) is 0 Å². The fraction of sp³-hybridized carbons (Fsp3) is 0.677. The number of carbonyl (C=O) groups is 5. The summed E-state index contributed by atoms with van der Waals surface area (Å²) in [7, 11) is 0. The van der Waals surface area contributed by atoms with E-state index in [0.29, 0.717) is 44.3 Å². The van der Waals surface area contributed by atoms with Gasteiger partial charge in [-0.05, 0) is 57.1 Å². The molecule has 0 fully saturated rings. The van der Waals surface area contributed by atoms with Crippen LogP contribution in [0, 0.1) is 11.8 Å². The Morgan fingerprint density at radius 1 is 0.767 bits per heavy atom. The molecule has 6 N–H and O–H groups in total. The van der Waals surface area contributed by atoms with Crippen LogP contribution in [0.2, 0.25) is 0 Å². The topological polar surface area (TPSA) is 170 Å². The summed E-state index contributed by atoms with van der Waals surface area (Å²) in [6.45, 7) is 15.9. The maximum atomic E-state index is 13.4. The SMILES string of the molecule is CCC[C@H](NC(=O)[C@H](CC)NC(=O)c1ccncc1)C(=O)N[C@H](CN[C@@H](C)C(=O)N[C@H](C(=O)NCC)C(C)C)CC(C)C. The first-order valence-electron chi connectivity index (χ1n) is 15.5.